The molecule has 3 rings (SSSR count). The Bertz CT molecular complexity index is 1100. The average Bonchev–Trinajstić information content (AvgIpc) is 2.63. The minimum absolute atomic E-state index is 0.190. The minimum atomic E-state index is -0.212. The molecule has 0 N–H and O–H groups in total. The van der Waals surface area contributed by atoms with Gasteiger partial charge in [-0.05, 0) is 54.5 Å². The van der Waals surface area contributed by atoms with Gasteiger partial charge in [-0.1, -0.05) is 97.2 Å². The number of nitrogens with zero attached hydrogens (tertiary/aromatic N) is 1. The zero-order valence-electron chi connectivity index (χ0n) is 17.9. The molecule has 0 saturated heterocycles. The van der Waals surface area contributed by atoms with Crippen LogP contribution in [0.25, 0.3) is 10.8 Å². The topological polar surface area (TPSA) is 12.4 Å². The third-order valence-electron chi connectivity index (χ3n) is 4.61. The molecule has 0 unspecified atom stereocenters. The molecular formula is C27H28BrN. The first kappa shape index (κ1) is 21.3. The fourth-order valence-electron chi connectivity index (χ4n) is 3.91. The van der Waals surface area contributed by atoms with Crippen molar-refractivity contribution in [1.29, 1.82) is 0 Å². The molecule has 0 aromatic heterocycles. The highest BCUT2D eigenvalue weighted by Gasteiger charge is 2.25. The smallest absolute Gasteiger partial charge is 0.116 e. The van der Waals surface area contributed by atoms with Gasteiger partial charge in [-0.2, -0.15) is 0 Å². The lowest BCUT2D eigenvalue weighted by Gasteiger charge is -2.29. The van der Waals surface area contributed by atoms with Crippen molar-refractivity contribution in [3.05, 3.63) is 82.3 Å². The summed E-state index contributed by atoms with van der Waals surface area (Å²) < 4.78 is 1.01. The molecule has 0 saturated carbocycles. The van der Waals surface area contributed by atoms with Gasteiger partial charge in [-0.15, -0.1) is 0 Å². The Hall–Kier alpha value is -2.37. The van der Waals surface area contributed by atoms with E-state index in [9.17, 15) is 0 Å². The van der Waals surface area contributed by atoms with E-state index >= 15 is 0 Å². The van der Waals surface area contributed by atoms with Crippen molar-refractivity contribution < 1.29 is 0 Å². The average molecular weight is 446 g/mol. The summed E-state index contributed by atoms with van der Waals surface area (Å²) in [4.78, 5) is 5.13. The van der Waals surface area contributed by atoms with Crippen molar-refractivity contribution in [3.8, 4) is 11.8 Å². The highest BCUT2D eigenvalue weighted by molar-refractivity contribution is 9.10. The third kappa shape index (κ3) is 5.81. The Morgan fingerprint density at radius 1 is 0.862 bits per heavy atom. The van der Waals surface area contributed by atoms with Crippen molar-refractivity contribution >= 4 is 32.4 Å². The van der Waals surface area contributed by atoms with E-state index in [-0.39, 0.29) is 11.0 Å². The maximum absolute atomic E-state index is 5.13. The SMILES string of the molecule is CC(C)(C)CC(C)(C)N=C(C#Cc1cccc2ccccc12)c1ccccc1Br. The number of halogens is 1. The Labute approximate surface area is 183 Å². The van der Waals surface area contributed by atoms with Crippen LogP contribution in [0.5, 0.6) is 0 Å². The van der Waals surface area contributed by atoms with Gasteiger partial charge in [0.15, 0.2) is 0 Å². The van der Waals surface area contributed by atoms with Gasteiger partial charge >= 0.3 is 0 Å². The van der Waals surface area contributed by atoms with Crippen molar-refractivity contribution in [2.75, 3.05) is 0 Å². The van der Waals surface area contributed by atoms with Crippen LogP contribution in [0.3, 0.4) is 0 Å². The van der Waals surface area contributed by atoms with E-state index in [2.05, 4.69) is 111 Å². The molecule has 2 heteroatoms. The molecule has 0 radical (unpaired) electrons. The molecule has 148 valence electrons. The molecule has 0 bridgehead atoms. The third-order valence-corrected chi connectivity index (χ3v) is 5.30. The van der Waals surface area contributed by atoms with E-state index in [0.29, 0.717) is 0 Å². The number of benzene rings is 3. The first-order chi connectivity index (χ1) is 13.6. The maximum atomic E-state index is 5.13. The molecule has 29 heavy (non-hydrogen) atoms. The second-order valence-electron chi connectivity index (χ2n) is 9.27. The van der Waals surface area contributed by atoms with Gasteiger partial charge in [0.25, 0.3) is 0 Å². The molecule has 0 atom stereocenters. The van der Waals surface area contributed by atoms with Crippen LogP contribution in [-0.4, -0.2) is 11.3 Å². The van der Waals surface area contributed by atoms with E-state index in [1.165, 1.54) is 10.8 Å². The quantitative estimate of drug-likeness (QED) is 0.289. The summed E-state index contributed by atoms with van der Waals surface area (Å²) in [5, 5.41) is 2.37. The van der Waals surface area contributed by atoms with Crippen LogP contribution < -0.4 is 0 Å². The van der Waals surface area contributed by atoms with Gasteiger partial charge in [0.1, 0.15) is 5.71 Å². The summed E-state index contributed by atoms with van der Waals surface area (Å²) >= 11 is 3.68. The largest absolute Gasteiger partial charge is 0.270 e. The molecule has 3 aromatic carbocycles. The fraction of sp³-hybridized carbons (Fsp3) is 0.296. The standard InChI is InChI=1S/C27H28BrN/c1-26(2,3)19-27(4,5)29-25(23-15-8-9-16-24(23)28)18-17-21-13-10-12-20-11-6-7-14-22(20)21/h6-16H,19H2,1-5H3. The highest BCUT2D eigenvalue weighted by Crippen LogP contribution is 2.30. The van der Waals surface area contributed by atoms with Crippen LogP contribution in [0, 0.1) is 17.3 Å². The van der Waals surface area contributed by atoms with Crippen molar-refractivity contribution in [2.45, 2.75) is 46.6 Å². The van der Waals surface area contributed by atoms with Gasteiger partial charge in [0, 0.05) is 15.6 Å². The summed E-state index contributed by atoms with van der Waals surface area (Å²) in [6.07, 6.45) is 0.976. The van der Waals surface area contributed by atoms with Gasteiger partial charge in [0.05, 0.1) is 5.54 Å². The van der Waals surface area contributed by atoms with Crippen LogP contribution in [0.2, 0.25) is 0 Å². The Balaban J connectivity index is 2.12. The maximum Gasteiger partial charge on any atom is 0.116 e. The minimum Gasteiger partial charge on any atom is -0.270 e. The Morgan fingerprint density at radius 2 is 1.52 bits per heavy atom. The summed E-state index contributed by atoms with van der Waals surface area (Å²) in [7, 11) is 0. The summed E-state index contributed by atoms with van der Waals surface area (Å²) in [6.45, 7) is 11.1. The van der Waals surface area contributed by atoms with Gasteiger partial charge in [0.2, 0.25) is 0 Å². The van der Waals surface area contributed by atoms with Crippen LogP contribution in [-0.2, 0) is 0 Å². The molecule has 0 aliphatic heterocycles. The predicted octanol–water partition coefficient (Wildman–Crippen LogP) is 7.66. The number of rotatable bonds is 3. The molecule has 0 fully saturated rings. The van der Waals surface area contributed by atoms with Crippen LogP contribution in [0.1, 0.15) is 52.2 Å². The predicted molar refractivity (Wildman–Crippen MR) is 130 cm³/mol. The lowest BCUT2D eigenvalue weighted by Crippen LogP contribution is -2.26. The monoisotopic (exact) mass is 445 g/mol. The summed E-state index contributed by atoms with van der Waals surface area (Å²) in [5.74, 6) is 6.79. The highest BCUT2D eigenvalue weighted by atomic mass is 79.9. The zero-order valence-corrected chi connectivity index (χ0v) is 19.5. The molecular weight excluding hydrogens is 418 g/mol. The van der Waals surface area contributed by atoms with Crippen molar-refractivity contribution in [2.24, 2.45) is 10.4 Å². The first-order valence-electron chi connectivity index (χ1n) is 9.99. The van der Waals surface area contributed by atoms with Gasteiger partial charge in [-0.3, -0.25) is 4.99 Å². The fourth-order valence-corrected chi connectivity index (χ4v) is 4.38. The summed E-state index contributed by atoms with van der Waals surface area (Å²) in [5.41, 5.74) is 2.85. The zero-order chi connectivity index (χ0) is 21.1. The van der Waals surface area contributed by atoms with Crippen LogP contribution in [0.4, 0.5) is 0 Å². The first-order valence-corrected chi connectivity index (χ1v) is 10.8. The Morgan fingerprint density at radius 3 is 2.24 bits per heavy atom. The second-order valence-corrected chi connectivity index (χ2v) is 10.1. The normalized spacial score (nSPS) is 12.6. The van der Waals surface area contributed by atoms with Gasteiger partial charge < -0.3 is 0 Å². The number of hydrogen-bond acceptors (Lipinski definition) is 1. The number of aliphatic imine (C=N–C) groups is 1. The molecule has 0 heterocycles. The van der Waals surface area contributed by atoms with E-state index in [1.807, 2.05) is 18.2 Å². The lowest BCUT2D eigenvalue weighted by molar-refractivity contribution is 0.288. The van der Waals surface area contributed by atoms with Crippen LogP contribution in [0.15, 0.2) is 76.2 Å². The van der Waals surface area contributed by atoms with E-state index in [4.69, 9.17) is 4.99 Å². The van der Waals surface area contributed by atoms with E-state index in [1.54, 1.807) is 0 Å². The molecule has 0 amide bonds. The van der Waals surface area contributed by atoms with Crippen LogP contribution >= 0.6 is 15.9 Å². The number of fused-ring (bicyclic) bond motifs is 1. The second kappa shape index (κ2) is 8.56. The molecule has 0 aliphatic rings. The molecule has 0 spiro atoms. The molecule has 0 aliphatic carbocycles. The Kier molecular flexibility index (Phi) is 6.30. The number of hydrogen-bond donors (Lipinski definition) is 0. The van der Waals surface area contributed by atoms with E-state index < -0.39 is 0 Å². The van der Waals surface area contributed by atoms with Crippen molar-refractivity contribution in [1.82, 2.24) is 0 Å². The summed E-state index contributed by atoms with van der Waals surface area (Å²) in [6, 6.07) is 22.8. The lowest BCUT2D eigenvalue weighted by atomic mass is 9.82. The van der Waals surface area contributed by atoms with Gasteiger partial charge in [-0.25, -0.2) is 0 Å². The molecule has 3 aromatic rings. The van der Waals surface area contributed by atoms with E-state index in [0.717, 1.165) is 27.7 Å². The van der Waals surface area contributed by atoms with Crippen molar-refractivity contribution in [3.63, 3.8) is 0 Å². The molecule has 1 nitrogen and oxygen atoms in total.